The molecule has 0 atom stereocenters. The van der Waals surface area contributed by atoms with E-state index in [1.165, 1.54) is 12.8 Å². The van der Waals surface area contributed by atoms with E-state index in [4.69, 9.17) is 9.47 Å². The summed E-state index contributed by atoms with van der Waals surface area (Å²) in [5, 5.41) is 0. The molecule has 0 aliphatic heterocycles. The van der Waals surface area contributed by atoms with Crippen molar-refractivity contribution in [3.63, 3.8) is 0 Å². The largest absolute Gasteiger partial charge is 0.462 e. The fourth-order valence-corrected chi connectivity index (χ4v) is 1.37. The van der Waals surface area contributed by atoms with Gasteiger partial charge in [0.05, 0.1) is 18.8 Å². The predicted octanol–water partition coefficient (Wildman–Crippen LogP) is 3.48. The fraction of sp³-hybridized carbons (Fsp3) is 0.786. The molecule has 0 bridgehead atoms. The number of unbranched alkanes of at least 4 members (excludes halogenated alkanes) is 1. The molecule has 0 amide bonds. The zero-order valence-electron chi connectivity index (χ0n) is 11.7. The van der Waals surface area contributed by atoms with Gasteiger partial charge < -0.3 is 9.47 Å². The first-order valence-electron chi connectivity index (χ1n) is 6.35. The zero-order valence-corrected chi connectivity index (χ0v) is 11.7. The highest BCUT2D eigenvalue weighted by molar-refractivity contribution is 5.86. The first-order chi connectivity index (χ1) is 7.89. The first-order valence-corrected chi connectivity index (χ1v) is 6.35. The maximum atomic E-state index is 11.1. The first kappa shape index (κ1) is 16.2. The van der Waals surface area contributed by atoms with E-state index in [-0.39, 0.29) is 11.6 Å². The van der Waals surface area contributed by atoms with Crippen molar-refractivity contribution in [2.45, 2.75) is 59.0 Å². The molecule has 0 unspecified atom stereocenters. The van der Waals surface area contributed by atoms with Gasteiger partial charge in [-0.25, -0.2) is 4.79 Å². The third kappa shape index (κ3) is 8.93. The van der Waals surface area contributed by atoms with Crippen molar-refractivity contribution in [3.8, 4) is 0 Å². The quantitative estimate of drug-likeness (QED) is 0.353. The van der Waals surface area contributed by atoms with E-state index in [1.54, 1.807) is 6.92 Å². The van der Waals surface area contributed by atoms with Gasteiger partial charge in [0.2, 0.25) is 0 Å². The van der Waals surface area contributed by atoms with Gasteiger partial charge in [0.25, 0.3) is 0 Å². The van der Waals surface area contributed by atoms with Crippen LogP contribution < -0.4 is 0 Å². The van der Waals surface area contributed by atoms with Gasteiger partial charge in [-0.05, 0) is 27.2 Å². The third-order valence-corrected chi connectivity index (χ3v) is 2.50. The molecule has 0 heterocycles. The van der Waals surface area contributed by atoms with E-state index >= 15 is 0 Å². The summed E-state index contributed by atoms with van der Waals surface area (Å²) in [4.78, 5) is 11.1. The van der Waals surface area contributed by atoms with Crippen molar-refractivity contribution in [1.82, 2.24) is 0 Å². The summed E-state index contributed by atoms with van der Waals surface area (Å²) in [6, 6.07) is 0. The van der Waals surface area contributed by atoms with Crippen LogP contribution in [0.1, 0.15) is 53.4 Å². The lowest BCUT2D eigenvalue weighted by Gasteiger charge is -2.25. The van der Waals surface area contributed by atoms with Crippen LogP contribution in [0.2, 0.25) is 0 Å². The average molecular weight is 242 g/mol. The van der Waals surface area contributed by atoms with Crippen LogP contribution in [0.25, 0.3) is 0 Å². The Kier molecular flexibility index (Phi) is 7.88. The number of hydrogen-bond acceptors (Lipinski definition) is 3. The van der Waals surface area contributed by atoms with Gasteiger partial charge in [-0.1, -0.05) is 26.3 Å². The highest BCUT2D eigenvalue weighted by atomic mass is 16.5. The highest BCUT2D eigenvalue weighted by Crippen LogP contribution is 2.17. The summed E-state index contributed by atoms with van der Waals surface area (Å²) in [6.45, 7) is 12.6. The molecular weight excluding hydrogens is 216 g/mol. The summed E-state index contributed by atoms with van der Waals surface area (Å²) in [5.41, 5.74) is 0.364. The SMILES string of the molecule is C=C(C)C(=O)OCCCOC(C)(C)CCCC. The van der Waals surface area contributed by atoms with Gasteiger partial charge in [-0.3, -0.25) is 0 Å². The summed E-state index contributed by atoms with van der Waals surface area (Å²) < 4.78 is 10.7. The molecule has 17 heavy (non-hydrogen) atoms. The molecule has 0 rings (SSSR count). The molecule has 0 saturated carbocycles. The molecule has 0 aromatic carbocycles. The van der Waals surface area contributed by atoms with E-state index in [9.17, 15) is 4.79 Å². The van der Waals surface area contributed by atoms with Crippen LogP contribution in [0.15, 0.2) is 12.2 Å². The van der Waals surface area contributed by atoms with Crippen molar-refractivity contribution in [3.05, 3.63) is 12.2 Å². The summed E-state index contributed by atoms with van der Waals surface area (Å²) in [6.07, 6.45) is 4.16. The van der Waals surface area contributed by atoms with Crippen LogP contribution in [0.5, 0.6) is 0 Å². The molecule has 0 fully saturated rings. The van der Waals surface area contributed by atoms with Crippen LogP contribution in [-0.4, -0.2) is 24.8 Å². The normalized spacial score (nSPS) is 11.3. The van der Waals surface area contributed by atoms with Crippen molar-refractivity contribution in [1.29, 1.82) is 0 Å². The molecule has 0 radical (unpaired) electrons. The molecule has 0 saturated heterocycles. The molecule has 0 spiro atoms. The minimum atomic E-state index is -0.324. The van der Waals surface area contributed by atoms with Gasteiger partial charge in [-0.15, -0.1) is 0 Å². The van der Waals surface area contributed by atoms with E-state index in [0.29, 0.717) is 18.8 Å². The Morgan fingerprint density at radius 2 is 1.88 bits per heavy atom. The monoisotopic (exact) mass is 242 g/mol. The molecule has 0 aliphatic rings. The second-order valence-corrected chi connectivity index (χ2v) is 4.98. The number of esters is 1. The lowest BCUT2D eigenvalue weighted by atomic mass is 10.0. The maximum Gasteiger partial charge on any atom is 0.333 e. The van der Waals surface area contributed by atoms with Crippen molar-refractivity contribution in [2.75, 3.05) is 13.2 Å². The van der Waals surface area contributed by atoms with Crippen molar-refractivity contribution < 1.29 is 14.3 Å². The Morgan fingerprint density at radius 1 is 1.24 bits per heavy atom. The average Bonchev–Trinajstić information content (AvgIpc) is 2.25. The van der Waals surface area contributed by atoms with Crippen LogP contribution >= 0.6 is 0 Å². The van der Waals surface area contributed by atoms with Crippen molar-refractivity contribution >= 4 is 5.97 Å². The number of ether oxygens (including phenoxy) is 2. The minimum absolute atomic E-state index is 0.0750. The molecule has 3 heteroatoms. The minimum Gasteiger partial charge on any atom is -0.462 e. The molecule has 0 aromatic heterocycles. The molecule has 0 aliphatic carbocycles. The number of rotatable bonds is 9. The van der Waals surface area contributed by atoms with Crippen LogP contribution in [0.4, 0.5) is 0 Å². The summed E-state index contributed by atoms with van der Waals surface area (Å²) in [7, 11) is 0. The Labute approximate surface area is 105 Å². The Hall–Kier alpha value is -0.830. The maximum absolute atomic E-state index is 11.1. The number of carbonyl (C=O) groups excluding carboxylic acids is 1. The zero-order chi connectivity index (χ0) is 13.3. The van der Waals surface area contributed by atoms with Gasteiger partial charge in [0.15, 0.2) is 0 Å². The van der Waals surface area contributed by atoms with E-state index in [0.717, 1.165) is 12.8 Å². The van der Waals surface area contributed by atoms with Gasteiger partial charge in [0, 0.05) is 12.0 Å². The topological polar surface area (TPSA) is 35.5 Å². The van der Waals surface area contributed by atoms with E-state index in [2.05, 4.69) is 27.4 Å². The van der Waals surface area contributed by atoms with Crippen LogP contribution in [0, 0.1) is 0 Å². The van der Waals surface area contributed by atoms with Gasteiger partial charge in [0.1, 0.15) is 0 Å². The molecule has 0 aromatic rings. The lowest BCUT2D eigenvalue weighted by molar-refractivity contribution is -0.139. The summed E-state index contributed by atoms with van der Waals surface area (Å²) in [5.74, 6) is -0.324. The van der Waals surface area contributed by atoms with Gasteiger partial charge >= 0.3 is 5.97 Å². The van der Waals surface area contributed by atoms with Crippen LogP contribution in [0.3, 0.4) is 0 Å². The number of hydrogen-bond donors (Lipinski definition) is 0. The van der Waals surface area contributed by atoms with Crippen molar-refractivity contribution in [2.24, 2.45) is 0 Å². The third-order valence-electron chi connectivity index (χ3n) is 2.50. The Bertz CT molecular complexity index is 244. The second-order valence-electron chi connectivity index (χ2n) is 4.98. The Balaban J connectivity index is 3.57. The van der Waals surface area contributed by atoms with E-state index in [1.807, 2.05) is 0 Å². The predicted molar refractivity (Wildman–Crippen MR) is 69.9 cm³/mol. The molecule has 100 valence electrons. The Morgan fingerprint density at radius 3 is 2.41 bits per heavy atom. The second kappa shape index (κ2) is 8.29. The lowest BCUT2D eigenvalue weighted by Crippen LogP contribution is -2.25. The van der Waals surface area contributed by atoms with Crippen LogP contribution in [-0.2, 0) is 14.3 Å². The van der Waals surface area contributed by atoms with E-state index < -0.39 is 0 Å². The summed E-state index contributed by atoms with van der Waals surface area (Å²) >= 11 is 0. The fourth-order valence-electron chi connectivity index (χ4n) is 1.37. The molecule has 3 nitrogen and oxygen atoms in total. The smallest absolute Gasteiger partial charge is 0.333 e. The standard InChI is InChI=1S/C14H26O3/c1-6-7-9-14(4,5)17-11-8-10-16-13(15)12(2)3/h2,6-11H2,1,3-5H3. The molecular formula is C14H26O3. The molecule has 0 N–H and O–H groups in total. The highest BCUT2D eigenvalue weighted by Gasteiger charge is 2.16. The van der Waals surface area contributed by atoms with Gasteiger partial charge in [-0.2, -0.15) is 0 Å². The number of carbonyl (C=O) groups is 1.